The van der Waals surface area contributed by atoms with Crippen molar-refractivity contribution in [3.05, 3.63) is 0 Å². The van der Waals surface area contributed by atoms with Gasteiger partial charge in [0, 0.05) is 19.0 Å². The van der Waals surface area contributed by atoms with E-state index in [1.165, 1.54) is 12.2 Å². The van der Waals surface area contributed by atoms with Gasteiger partial charge in [-0.25, -0.2) is 0 Å². The smallest absolute Gasteiger partial charge is 0.267 e. The molecule has 0 bridgehead atoms. The monoisotopic (exact) mass is 256 g/mol. The number of hydrogen-bond donors (Lipinski definition) is 3. The highest BCUT2D eigenvalue weighted by Crippen LogP contribution is 2.15. The van der Waals surface area contributed by atoms with Crippen LogP contribution in [-0.4, -0.2) is 56.0 Å². The standard InChI is InChI=1S/C11H20N4OS/c1-17-4-2-3-12-5-8-6-13-10-9(8)14-7-15-11(10)16/h8-9,12,14H,2-7H2,1H3,(H,15,16). The molecular formula is C11H20N4OS. The molecular weight excluding hydrogens is 236 g/mol. The summed E-state index contributed by atoms with van der Waals surface area (Å²) in [6, 6.07) is 0.150. The summed E-state index contributed by atoms with van der Waals surface area (Å²) < 4.78 is 0. The molecule has 0 saturated carbocycles. The molecule has 0 aromatic heterocycles. The largest absolute Gasteiger partial charge is 0.338 e. The molecule has 2 rings (SSSR count). The molecule has 1 fully saturated rings. The maximum absolute atomic E-state index is 11.5. The molecule has 96 valence electrons. The number of amides is 1. The molecule has 0 spiro atoms. The summed E-state index contributed by atoms with van der Waals surface area (Å²) >= 11 is 1.87. The molecule has 0 aromatic rings. The van der Waals surface area contributed by atoms with Gasteiger partial charge in [0.2, 0.25) is 0 Å². The van der Waals surface area contributed by atoms with Gasteiger partial charge in [0.1, 0.15) is 5.71 Å². The molecule has 0 aromatic carbocycles. The number of carbonyl (C=O) groups is 1. The first-order valence-corrected chi connectivity index (χ1v) is 7.48. The van der Waals surface area contributed by atoms with Crippen molar-refractivity contribution in [1.82, 2.24) is 16.0 Å². The molecule has 3 N–H and O–H groups in total. The first-order chi connectivity index (χ1) is 8.33. The van der Waals surface area contributed by atoms with Crippen LogP contribution in [0, 0.1) is 5.92 Å². The van der Waals surface area contributed by atoms with E-state index in [0.29, 0.717) is 18.3 Å². The minimum atomic E-state index is -0.00127. The van der Waals surface area contributed by atoms with Gasteiger partial charge >= 0.3 is 0 Å². The zero-order valence-corrected chi connectivity index (χ0v) is 11.0. The van der Waals surface area contributed by atoms with Gasteiger partial charge < -0.3 is 10.6 Å². The number of nitrogens with one attached hydrogen (secondary N) is 3. The van der Waals surface area contributed by atoms with E-state index in [2.05, 4.69) is 27.2 Å². The molecule has 1 amide bonds. The molecule has 2 aliphatic rings. The van der Waals surface area contributed by atoms with Crippen LogP contribution in [0.25, 0.3) is 0 Å². The summed E-state index contributed by atoms with van der Waals surface area (Å²) in [5.74, 6) is 1.62. The molecule has 6 heteroatoms. The van der Waals surface area contributed by atoms with Gasteiger partial charge in [0.25, 0.3) is 5.91 Å². The highest BCUT2D eigenvalue weighted by atomic mass is 32.2. The van der Waals surface area contributed by atoms with Crippen LogP contribution in [0.4, 0.5) is 0 Å². The SMILES string of the molecule is CSCCCNCC1CN=C2C(=O)NCNC21. The molecule has 1 saturated heterocycles. The molecule has 17 heavy (non-hydrogen) atoms. The number of hydrogen-bond acceptors (Lipinski definition) is 5. The van der Waals surface area contributed by atoms with Crippen LogP contribution < -0.4 is 16.0 Å². The molecule has 2 atom stereocenters. The zero-order chi connectivity index (χ0) is 12.1. The minimum absolute atomic E-state index is 0.00127. The lowest BCUT2D eigenvalue weighted by atomic mass is 9.97. The predicted molar refractivity (Wildman–Crippen MR) is 71.6 cm³/mol. The van der Waals surface area contributed by atoms with Crippen LogP contribution in [0.5, 0.6) is 0 Å². The van der Waals surface area contributed by atoms with E-state index in [4.69, 9.17) is 0 Å². The second kappa shape index (κ2) is 6.37. The average molecular weight is 256 g/mol. The van der Waals surface area contributed by atoms with Gasteiger partial charge in [-0.15, -0.1) is 0 Å². The van der Waals surface area contributed by atoms with Crippen LogP contribution >= 0.6 is 11.8 Å². The van der Waals surface area contributed by atoms with Crippen LogP contribution in [0.15, 0.2) is 4.99 Å². The van der Waals surface area contributed by atoms with Crippen LogP contribution in [-0.2, 0) is 4.79 Å². The van der Waals surface area contributed by atoms with E-state index in [0.717, 1.165) is 19.6 Å². The second-order valence-corrected chi connectivity index (χ2v) is 5.39. The predicted octanol–water partition coefficient (Wildman–Crippen LogP) is -0.555. The van der Waals surface area contributed by atoms with Gasteiger partial charge in [0.15, 0.2) is 0 Å². The summed E-state index contributed by atoms with van der Waals surface area (Å²) in [5, 5.41) is 9.51. The lowest BCUT2D eigenvalue weighted by Crippen LogP contribution is -2.57. The Morgan fingerprint density at radius 2 is 2.47 bits per heavy atom. The van der Waals surface area contributed by atoms with E-state index < -0.39 is 0 Å². The van der Waals surface area contributed by atoms with Crippen molar-refractivity contribution in [3.63, 3.8) is 0 Å². The average Bonchev–Trinajstić information content (AvgIpc) is 2.74. The van der Waals surface area contributed by atoms with E-state index in [9.17, 15) is 4.79 Å². The highest BCUT2D eigenvalue weighted by Gasteiger charge is 2.36. The van der Waals surface area contributed by atoms with Crippen molar-refractivity contribution >= 4 is 23.4 Å². The Morgan fingerprint density at radius 3 is 3.29 bits per heavy atom. The van der Waals surface area contributed by atoms with E-state index >= 15 is 0 Å². The Morgan fingerprint density at radius 1 is 1.59 bits per heavy atom. The number of carbonyl (C=O) groups excluding carboxylic acids is 1. The second-order valence-electron chi connectivity index (χ2n) is 4.40. The fourth-order valence-electron chi connectivity index (χ4n) is 2.26. The maximum atomic E-state index is 11.5. The quantitative estimate of drug-likeness (QED) is 0.558. The molecule has 2 aliphatic heterocycles. The Bertz CT molecular complexity index is 308. The molecule has 2 unspecified atom stereocenters. The van der Waals surface area contributed by atoms with Crippen molar-refractivity contribution in [2.75, 3.05) is 38.3 Å². The molecule has 0 radical (unpaired) electrons. The number of nitrogens with zero attached hydrogens (tertiary/aromatic N) is 1. The number of fused-ring (bicyclic) bond motifs is 1. The third kappa shape index (κ3) is 3.20. The summed E-state index contributed by atoms with van der Waals surface area (Å²) in [6.07, 6.45) is 3.32. The summed E-state index contributed by atoms with van der Waals surface area (Å²) in [7, 11) is 0. The molecule has 2 heterocycles. The molecule has 5 nitrogen and oxygen atoms in total. The van der Waals surface area contributed by atoms with Crippen LogP contribution in [0.3, 0.4) is 0 Å². The van der Waals surface area contributed by atoms with Crippen molar-refractivity contribution < 1.29 is 4.79 Å². The fourth-order valence-corrected chi connectivity index (χ4v) is 2.70. The van der Waals surface area contributed by atoms with Gasteiger partial charge in [-0.05, 0) is 25.0 Å². The first kappa shape index (κ1) is 12.9. The number of rotatable bonds is 6. The van der Waals surface area contributed by atoms with E-state index in [-0.39, 0.29) is 11.9 Å². The normalized spacial score (nSPS) is 27.6. The Balaban J connectivity index is 1.71. The Kier molecular flexibility index (Phi) is 4.82. The van der Waals surface area contributed by atoms with Gasteiger partial charge in [-0.1, -0.05) is 0 Å². The number of aliphatic imine (C=N–C) groups is 1. The topological polar surface area (TPSA) is 65.5 Å². The Labute approximate surface area is 106 Å². The van der Waals surface area contributed by atoms with Crippen molar-refractivity contribution in [2.24, 2.45) is 10.9 Å². The zero-order valence-electron chi connectivity index (χ0n) is 10.2. The Hall–Kier alpha value is -0.590. The fraction of sp³-hybridized carbons (Fsp3) is 0.818. The molecule has 0 aliphatic carbocycles. The summed E-state index contributed by atoms with van der Waals surface area (Å²) in [6.45, 7) is 3.30. The first-order valence-electron chi connectivity index (χ1n) is 6.08. The minimum Gasteiger partial charge on any atom is -0.338 e. The summed E-state index contributed by atoms with van der Waals surface area (Å²) in [5.41, 5.74) is 0.687. The third-order valence-corrected chi connectivity index (χ3v) is 3.87. The number of thioether (sulfide) groups is 1. The summed E-state index contributed by atoms with van der Waals surface area (Å²) in [4.78, 5) is 15.9. The van der Waals surface area contributed by atoms with Crippen LogP contribution in [0.1, 0.15) is 6.42 Å². The van der Waals surface area contributed by atoms with E-state index in [1.54, 1.807) is 0 Å². The highest BCUT2D eigenvalue weighted by molar-refractivity contribution is 7.98. The maximum Gasteiger partial charge on any atom is 0.267 e. The van der Waals surface area contributed by atoms with Crippen molar-refractivity contribution in [2.45, 2.75) is 12.5 Å². The van der Waals surface area contributed by atoms with Gasteiger partial charge in [0.05, 0.1) is 12.7 Å². The van der Waals surface area contributed by atoms with Crippen LogP contribution in [0.2, 0.25) is 0 Å². The van der Waals surface area contributed by atoms with E-state index in [1.807, 2.05) is 11.8 Å². The van der Waals surface area contributed by atoms with Crippen molar-refractivity contribution in [3.8, 4) is 0 Å². The van der Waals surface area contributed by atoms with Gasteiger partial charge in [-0.3, -0.25) is 15.1 Å². The lowest BCUT2D eigenvalue weighted by Gasteiger charge is -2.26. The van der Waals surface area contributed by atoms with Crippen molar-refractivity contribution in [1.29, 1.82) is 0 Å². The van der Waals surface area contributed by atoms with Gasteiger partial charge in [-0.2, -0.15) is 11.8 Å². The third-order valence-electron chi connectivity index (χ3n) is 3.17. The lowest BCUT2D eigenvalue weighted by molar-refractivity contribution is -0.115.